The maximum absolute atomic E-state index is 5.83. The molecule has 1 aromatic carbocycles. The number of hydrogen-bond donors (Lipinski definition) is 1. The summed E-state index contributed by atoms with van der Waals surface area (Å²) in [5, 5.41) is 3.63. The molecule has 1 aliphatic carbocycles. The van der Waals surface area contributed by atoms with Gasteiger partial charge >= 0.3 is 0 Å². The number of benzene rings is 1. The Labute approximate surface area is 116 Å². The Morgan fingerprint density at radius 2 is 2.37 bits per heavy atom. The summed E-state index contributed by atoms with van der Waals surface area (Å²) in [5.74, 6) is 3.64. The van der Waals surface area contributed by atoms with E-state index in [1.54, 1.807) is 0 Å². The number of nitrogens with one attached hydrogen (secondary N) is 1. The molecule has 1 unspecified atom stereocenters. The van der Waals surface area contributed by atoms with Crippen LogP contribution in [0.15, 0.2) is 18.2 Å². The molecule has 102 valence electrons. The predicted molar refractivity (Wildman–Crippen MR) is 79.4 cm³/mol. The SMILES string of the molecule is C#CCCOc1cccc2c1CCCC2NCCC. The molecule has 0 aliphatic heterocycles. The molecule has 0 saturated carbocycles. The van der Waals surface area contributed by atoms with Gasteiger partial charge < -0.3 is 10.1 Å². The third-order valence-corrected chi connectivity index (χ3v) is 3.61. The van der Waals surface area contributed by atoms with Crippen LogP contribution in [-0.4, -0.2) is 13.2 Å². The summed E-state index contributed by atoms with van der Waals surface area (Å²) in [6.07, 6.45) is 10.7. The molecule has 19 heavy (non-hydrogen) atoms. The highest BCUT2D eigenvalue weighted by Crippen LogP contribution is 2.35. The van der Waals surface area contributed by atoms with Gasteiger partial charge in [0, 0.05) is 12.5 Å². The molecule has 0 amide bonds. The molecule has 0 bridgehead atoms. The van der Waals surface area contributed by atoms with Crippen molar-refractivity contribution in [1.29, 1.82) is 0 Å². The molecule has 0 fully saturated rings. The van der Waals surface area contributed by atoms with Gasteiger partial charge in [-0.25, -0.2) is 0 Å². The van der Waals surface area contributed by atoms with E-state index < -0.39 is 0 Å². The Hall–Kier alpha value is -1.46. The molecule has 0 spiro atoms. The predicted octanol–water partition coefficient (Wildman–Crippen LogP) is 3.47. The zero-order valence-electron chi connectivity index (χ0n) is 11.7. The number of hydrogen-bond acceptors (Lipinski definition) is 2. The molecule has 1 N–H and O–H groups in total. The fraction of sp³-hybridized carbons (Fsp3) is 0.529. The molecule has 2 rings (SSSR count). The van der Waals surface area contributed by atoms with Crippen LogP contribution in [0.5, 0.6) is 5.75 Å². The summed E-state index contributed by atoms with van der Waals surface area (Å²) in [6, 6.07) is 6.88. The first-order chi connectivity index (χ1) is 9.36. The van der Waals surface area contributed by atoms with Crippen molar-refractivity contribution >= 4 is 0 Å². The van der Waals surface area contributed by atoms with Crippen LogP contribution in [0.1, 0.15) is 49.8 Å². The average molecular weight is 257 g/mol. The van der Waals surface area contributed by atoms with Crippen molar-refractivity contribution in [3.63, 3.8) is 0 Å². The van der Waals surface area contributed by atoms with Crippen molar-refractivity contribution in [2.75, 3.05) is 13.2 Å². The van der Waals surface area contributed by atoms with Gasteiger partial charge in [0.05, 0.1) is 6.61 Å². The van der Waals surface area contributed by atoms with Gasteiger partial charge in [-0.15, -0.1) is 12.3 Å². The highest BCUT2D eigenvalue weighted by molar-refractivity contribution is 5.43. The Bertz CT molecular complexity index is 447. The largest absolute Gasteiger partial charge is 0.492 e. The molecule has 2 heteroatoms. The van der Waals surface area contributed by atoms with Crippen LogP contribution in [0.3, 0.4) is 0 Å². The van der Waals surface area contributed by atoms with E-state index in [1.807, 2.05) is 0 Å². The van der Waals surface area contributed by atoms with E-state index in [9.17, 15) is 0 Å². The third-order valence-electron chi connectivity index (χ3n) is 3.61. The Kier molecular flexibility index (Phi) is 5.30. The Balaban J connectivity index is 2.13. The first kappa shape index (κ1) is 14.0. The number of fused-ring (bicyclic) bond motifs is 1. The monoisotopic (exact) mass is 257 g/mol. The number of rotatable bonds is 6. The van der Waals surface area contributed by atoms with Crippen LogP contribution in [0.25, 0.3) is 0 Å². The smallest absolute Gasteiger partial charge is 0.122 e. The minimum absolute atomic E-state index is 0.486. The molecule has 1 aromatic rings. The van der Waals surface area contributed by atoms with Gasteiger partial charge in [0.25, 0.3) is 0 Å². The van der Waals surface area contributed by atoms with E-state index in [1.165, 1.54) is 30.4 Å². The van der Waals surface area contributed by atoms with E-state index >= 15 is 0 Å². The summed E-state index contributed by atoms with van der Waals surface area (Å²) in [6.45, 7) is 3.89. The van der Waals surface area contributed by atoms with Gasteiger partial charge in [-0.1, -0.05) is 19.1 Å². The summed E-state index contributed by atoms with van der Waals surface area (Å²) in [4.78, 5) is 0. The van der Waals surface area contributed by atoms with Gasteiger partial charge in [-0.2, -0.15) is 0 Å². The quantitative estimate of drug-likeness (QED) is 0.622. The van der Waals surface area contributed by atoms with Gasteiger partial charge in [0.15, 0.2) is 0 Å². The van der Waals surface area contributed by atoms with Crippen LogP contribution in [0.4, 0.5) is 0 Å². The van der Waals surface area contributed by atoms with Crippen LogP contribution >= 0.6 is 0 Å². The van der Waals surface area contributed by atoms with Crippen molar-refractivity contribution in [3.05, 3.63) is 29.3 Å². The normalized spacial score (nSPS) is 17.6. The van der Waals surface area contributed by atoms with E-state index in [0.29, 0.717) is 19.1 Å². The van der Waals surface area contributed by atoms with Crippen molar-refractivity contribution < 1.29 is 4.74 Å². The van der Waals surface area contributed by atoms with Gasteiger partial charge in [0.2, 0.25) is 0 Å². The van der Waals surface area contributed by atoms with E-state index in [4.69, 9.17) is 11.2 Å². The van der Waals surface area contributed by atoms with E-state index in [-0.39, 0.29) is 0 Å². The maximum Gasteiger partial charge on any atom is 0.122 e. The number of ether oxygens (including phenoxy) is 1. The van der Waals surface area contributed by atoms with Crippen molar-refractivity contribution in [2.45, 2.75) is 45.1 Å². The second kappa shape index (κ2) is 7.21. The van der Waals surface area contributed by atoms with Gasteiger partial charge in [0.1, 0.15) is 5.75 Å². The lowest BCUT2D eigenvalue weighted by Gasteiger charge is -2.28. The summed E-state index contributed by atoms with van der Waals surface area (Å²) in [7, 11) is 0. The van der Waals surface area contributed by atoms with Gasteiger partial charge in [-0.05, 0) is 49.4 Å². The van der Waals surface area contributed by atoms with E-state index in [2.05, 4.69) is 36.4 Å². The first-order valence-electron chi connectivity index (χ1n) is 7.28. The lowest BCUT2D eigenvalue weighted by atomic mass is 9.87. The van der Waals surface area contributed by atoms with Crippen molar-refractivity contribution in [2.24, 2.45) is 0 Å². The fourth-order valence-corrected chi connectivity index (χ4v) is 2.70. The molecule has 0 radical (unpaired) electrons. The molecular weight excluding hydrogens is 234 g/mol. The minimum atomic E-state index is 0.486. The second-order valence-corrected chi connectivity index (χ2v) is 5.03. The van der Waals surface area contributed by atoms with Crippen LogP contribution in [-0.2, 0) is 6.42 Å². The highest BCUT2D eigenvalue weighted by atomic mass is 16.5. The topological polar surface area (TPSA) is 21.3 Å². The molecule has 1 aliphatic rings. The first-order valence-corrected chi connectivity index (χ1v) is 7.28. The molecule has 2 nitrogen and oxygen atoms in total. The summed E-state index contributed by atoms with van der Waals surface area (Å²) >= 11 is 0. The number of terminal acetylenes is 1. The zero-order valence-corrected chi connectivity index (χ0v) is 11.7. The molecule has 1 atom stereocenters. The fourth-order valence-electron chi connectivity index (χ4n) is 2.70. The molecule has 0 saturated heterocycles. The van der Waals surface area contributed by atoms with Crippen molar-refractivity contribution in [3.8, 4) is 18.1 Å². The lowest BCUT2D eigenvalue weighted by molar-refractivity contribution is 0.319. The second-order valence-electron chi connectivity index (χ2n) is 5.03. The standard InChI is InChI=1S/C17H23NO/c1-3-5-13-19-17-11-7-8-14-15(17)9-6-10-16(14)18-12-4-2/h1,7-8,11,16,18H,4-6,9-10,12-13H2,2H3. The maximum atomic E-state index is 5.83. The molecule has 0 heterocycles. The average Bonchev–Trinajstić information content (AvgIpc) is 2.45. The van der Waals surface area contributed by atoms with Gasteiger partial charge in [-0.3, -0.25) is 0 Å². The van der Waals surface area contributed by atoms with Crippen LogP contribution in [0, 0.1) is 12.3 Å². The summed E-state index contributed by atoms with van der Waals surface area (Å²) < 4.78 is 5.83. The van der Waals surface area contributed by atoms with Crippen LogP contribution < -0.4 is 10.1 Å². The van der Waals surface area contributed by atoms with Crippen molar-refractivity contribution in [1.82, 2.24) is 5.32 Å². The minimum Gasteiger partial charge on any atom is -0.492 e. The molecule has 0 aromatic heterocycles. The molecular formula is C17H23NO. The van der Waals surface area contributed by atoms with E-state index in [0.717, 1.165) is 18.7 Å². The Morgan fingerprint density at radius 1 is 1.47 bits per heavy atom. The highest BCUT2D eigenvalue weighted by Gasteiger charge is 2.22. The Morgan fingerprint density at radius 3 is 3.16 bits per heavy atom. The summed E-state index contributed by atoms with van der Waals surface area (Å²) in [5.41, 5.74) is 2.79. The third kappa shape index (κ3) is 3.52. The lowest BCUT2D eigenvalue weighted by Crippen LogP contribution is -2.26. The van der Waals surface area contributed by atoms with Crippen LogP contribution in [0.2, 0.25) is 0 Å². The zero-order chi connectivity index (χ0) is 13.5.